The van der Waals surface area contributed by atoms with Crippen LogP contribution in [0.15, 0.2) is 24.3 Å². The average molecular weight is 292 g/mol. The second-order valence-electron chi connectivity index (χ2n) is 6.47. The maximum absolute atomic E-state index is 10.9. The highest BCUT2D eigenvalue weighted by molar-refractivity contribution is 6.77. The van der Waals surface area contributed by atoms with Gasteiger partial charge in [-0.3, -0.25) is 4.79 Å². The Morgan fingerprint density at radius 3 is 2.05 bits per heavy atom. The molecule has 0 aliphatic heterocycles. The van der Waals surface area contributed by atoms with Gasteiger partial charge in [0, 0.05) is 5.56 Å². The number of aldehydes is 1. The molecule has 1 rings (SSSR count). The van der Waals surface area contributed by atoms with Crippen LogP contribution in [0.1, 0.15) is 57.5 Å². The molecule has 1 aromatic carbocycles. The Hall–Kier alpha value is -0.933. The second kappa shape index (κ2) is 7.18. The quantitative estimate of drug-likeness (QED) is 0.510. The number of hydrogen-bond donors (Lipinski definition) is 0. The van der Waals surface area contributed by atoms with E-state index in [4.69, 9.17) is 4.43 Å². The monoisotopic (exact) mass is 292 g/mol. The topological polar surface area (TPSA) is 26.3 Å². The van der Waals surface area contributed by atoms with Crippen molar-refractivity contribution in [2.24, 2.45) is 0 Å². The molecule has 0 aliphatic carbocycles. The van der Waals surface area contributed by atoms with Gasteiger partial charge in [-0.05, 0) is 28.3 Å². The fourth-order valence-corrected chi connectivity index (χ4v) is 8.88. The predicted octanol–water partition coefficient (Wildman–Crippen LogP) is 5.19. The van der Waals surface area contributed by atoms with Crippen LogP contribution in [-0.2, 0) is 11.0 Å². The summed E-state index contributed by atoms with van der Waals surface area (Å²) in [6.07, 6.45) is 0.890. The molecule has 112 valence electrons. The Morgan fingerprint density at radius 2 is 1.60 bits per heavy atom. The van der Waals surface area contributed by atoms with Crippen LogP contribution < -0.4 is 0 Å². The first kappa shape index (κ1) is 17.1. The molecule has 0 aromatic heterocycles. The molecule has 2 nitrogen and oxygen atoms in total. The van der Waals surface area contributed by atoms with Crippen LogP contribution >= 0.6 is 0 Å². The first-order chi connectivity index (χ1) is 9.34. The number of carbonyl (C=O) groups excluding carboxylic acids is 1. The molecule has 0 heterocycles. The van der Waals surface area contributed by atoms with Crippen molar-refractivity contribution in [3.05, 3.63) is 35.4 Å². The van der Waals surface area contributed by atoms with Crippen molar-refractivity contribution in [1.82, 2.24) is 0 Å². The molecule has 0 radical (unpaired) electrons. The molecule has 20 heavy (non-hydrogen) atoms. The summed E-state index contributed by atoms with van der Waals surface area (Å²) in [5.74, 6) is 0. The summed E-state index contributed by atoms with van der Waals surface area (Å²) >= 11 is 0. The lowest BCUT2D eigenvalue weighted by molar-refractivity contribution is 0.112. The van der Waals surface area contributed by atoms with Crippen molar-refractivity contribution in [2.45, 2.75) is 64.8 Å². The summed E-state index contributed by atoms with van der Waals surface area (Å²) in [5.41, 5.74) is 3.55. The Labute approximate surface area is 124 Å². The SMILES string of the molecule is CC(C)[Si](OCc1cccc(C=O)c1)(C(C)C)C(C)C. The van der Waals surface area contributed by atoms with E-state index in [1.807, 2.05) is 24.3 Å². The van der Waals surface area contributed by atoms with Gasteiger partial charge < -0.3 is 4.43 Å². The van der Waals surface area contributed by atoms with Gasteiger partial charge in [0.1, 0.15) is 6.29 Å². The standard InChI is InChI=1S/C17H28O2Si/c1-13(2)20(14(3)4,15(5)6)19-12-17-9-7-8-16(10-17)11-18/h7-11,13-15H,12H2,1-6H3. The van der Waals surface area contributed by atoms with Gasteiger partial charge in [-0.2, -0.15) is 0 Å². The third-order valence-electron chi connectivity index (χ3n) is 4.28. The maximum atomic E-state index is 10.9. The summed E-state index contributed by atoms with van der Waals surface area (Å²) in [4.78, 5) is 10.9. The van der Waals surface area contributed by atoms with E-state index in [1.54, 1.807) is 0 Å². The van der Waals surface area contributed by atoms with Gasteiger partial charge in [0.05, 0.1) is 6.61 Å². The summed E-state index contributed by atoms with van der Waals surface area (Å²) in [6, 6.07) is 7.71. The largest absolute Gasteiger partial charge is 0.412 e. The second-order valence-corrected chi connectivity index (χ2v) is 11.9. The fourth-order valence-electron chi connectivity index (χ4n) is 3.46. The lowest BCUT2D eigenvalue weighted by Gasteiger charge is -2.42. The van der Waals surface area contributed by atoms with Gasteiger partial charge >= 0.3 is 0 Å². The van der Waals surface area contributed by atoms with Crippen LogP contribution in [0.4, 0.5) is 0 Å². The molecule has 3 heteroatoms. The van der Waals surface area contributed by atoms with Crippen molar-refractivity contribution >= 4 is 14.6 Å². The van der Waals surface area contributed by atoms with Crippen LogP contribution in [0.2, 0.25) is 16.6 Å². The van der Waals surface area contributed by atoms with E-state index in [0.717, 1.165) is 17.4 Å². The highest BCUT2D eigenvalue weighted by Crippen LogP contribution is 2.42. The molecule has 1 aromatic rings. The smallest absolute Gasteiger partial charge is 0.200 e. The number of carbonyl (C=O) groups is 1. The highest BCUT2D eigenvalue weighted by atomic mass is 28.4. The van der Waals surface area contributed by atoms with E-state index >= 15 is 0 Å². The van der Waals surface area contributed by atoms with Crippen molar-refractivity contribution in [1.29, 1.82) is 0 Å². The summed E-state index contributed by atoms with van der Waals surface area (Å²) < 4.78 is 6.52. The Bertz CT molecular complexity index is 417. The summed E-state index contributed by atoms with van der Waals surface area (Å²) in [5, 5.41) is 0. The minimum absolute atomic E-state index is 0.580. The first-order valence-electron chi connectivity index (χ1n) is 7.52. The van der Waals surface area contributed by atoms with Crippen molar-refractivity contribution in [3.8, 4) is 0 Å². The van der Waals surface area contributed by atoms with Gasteiger partial charge in [0.15, 0.2) is 0 Å². The average Bonchev–Trinajstić information content (AvgIpc) is 2.38. The number of rotatable bonds is 7. The van der Waals surface area contributed by atoms with E-state index in [9.17, 15) is 4.79 Å². The van der Waals surface area contributed by atoms with E-state index in [2.05, 4.69) is 41.5 Å². The van der Waals surface area contributed by atoms with E-state index in [1.165, 1.54) is 0 Å². The van der Waals surface area contributed by atoms with Crippen molar-refractivity contribution in [3.63, 3.8) is 0 Å². The fraction of sp³-hybridized carbons (Fsp3) is 0.588. The van der Waals surface area contributed by atoms with Crippen LogP contribution in [0.5, 0.6) is 0 Å². The van der Waals surface area contributed by atoms with Gasteiger partial charge in [0.2, 0.25) is 8.32 Å². The maximum Gasteiger partial charge on any atom is 0.200 e. The molecule has 0 saturated carbocycles. The minimum atomic E-state index is -1.83. The Balaban J connectivity index is 2.93. The molecule has 0 amide bonds. The summed E-state index contributed by atoms with van der Waals surface area (Å²) in [7, 11) is -1.83. The van der Waals surface area contributed by atoms with Crippen LogP contribution in [0.25, 0.3) is 0 Å². The first-order valence-corrected chi connectivity index (χ1v) is 9.66. The zero-order valence-electron chi connectivity index (χ0n) is 13.6. The normalized spacial score (nSPS) is 12.4. The van der Waals surface area contributed by atoms with Gasteiger partial charge in [-0.1, -0.05) is 59.7 Å². The zero-order valence-corrected chi connectivity index (χ0v) is 14.6. The number of benzene rings is 1. The van der Waals surface area contributed by atoms with Gasteiger partial charge in [-0.15, -0.1) is 0 Å². The van der Waals surface area contributed by atoms with Crippen molar-refractivity contribution < 1.29 is 9.22 Å². The van der Waals surface area contributed by atoms with Crippen LogP contribution in [-0.4, -0.2) is 14.6 Å². The predicted molar refractivity (Wildman–Crippen MR) is 87.7 cm³/mol. The molecular formula is C17H28O2Si. The lowest BCUT2D eigenvalue weighted by atomic mass is 10.1. The molecule has 0 spiro atoms. The van der Waals surface area contributed by atoms with E-state index in [-0.39, 0.29) is 0 Å². The molecule has 0 bridgehead atoms. The number of hydrogen-bond acceptors (Lipinski definition) is 2. The van der Waals surface area contributed by atoms with Crippen LogP contribution in [0.3, 0.4) is 0 Å². The highest BCUT2D eigenvalue weighted by Gasteiger charge is 2.44. The van der Waals surface area contributed by atoms with Crippen molar-refractivity contribution in [2.75, 3.05) is 0 Å². The minimum Gasteiger partial charge on any atom is -0.412 e. The van der Waals surface area contributed by atoms with Gasteiger partial charge in [-0.25, -0.2) is 0 Å². The molecule has 0 atom stereocenters. The molecule has 0 aliphatic rings. The molecule has 0 N–H and O–H groups in total. The summed E-state index contributed by atoms with van der Waals surface area (Å²) in [6.45, 7) is 14.3. The van der Waals surface area contributed by atoms with E-state index in [0.29, 0.717) is 23.2 Å². The lowest BCUT2D eigenvalue weighted by Crippen LogP contribution is -2.47. The third-order valence-corrected chi connectivity index (χ3v) is 10.3. The van der Waals surface area contributed by atoms with E-state index < -0.39 is 8.32 Å². The van der Waals surface area contributed by atoms with Crippen LogP contribution in [0, 0.1) is 0 Å². The molecular weight excluding hydrogens is 264 g/mol. The zero-order chi connectivity index (χ0) is 15.3. The molecule has 0 fully saturated rings. The van der Waals surface area contributed by atoms with Gasteiger partial charge in [0.25, 0.3) is 0 Å². The Kier molecular flexibility index (Phi) is 6.15. The molecule has 0 saturated heterocycles. The molecule has 0 unspecified atom stereocenters. The Morgan fingerprint density at radius 1 is 1.05 bits per heavy atom. The third kappa shape index (κ3) is 3.58.